The zero-order valence-electron chi connectivity index (χ0n) is 14.4. The van der Waals surface area contributed by atoms with E-state index in [1.165, 1.54) is 0 Å². The molecule has 1 saturated heterocycles. The maximum absolute atomic E-state index is 12.4. The molecule has 0 bridgehead atoms. The van der Waals surface area contributed by atoms with Gasteiger partial charge in [-0.2, -0.15) is 4.98 Å². The predicted octanol–water partition coefficient (Wildman–Crippen LogP) is 2.38. The third kappa shape index (κ3) is 2.99. The zero-order valence-corrected chi connectivity index (χ0v) is 14.4. The molecule has 2 aliphatic heterocycles. The van der Waals surface area contributed by atoms with Crippen molar-refractivity contribution in [3.05, 3.63) is 54.0 Å². The molecule has 0 saturated carbocycles. The molecule has 0 N–H and O–H groups in total. The highest BCUT2D eigenvalue weighted by Crippen LogP contribution is 2.34. The average Bonchev–Trinajstić information content (AvgIpc) is 3.42. The Morgan fingerprint density at radius 1 is 1.15 bits per heavy atom. The SMILES string of the molecule is O=C1CC(c2noc(-c3ccccn3)n2)CN1Cc1ccc2c(c1)OCO2. The Hall–Kier alpha value is -3.42. The van der Waals surface area contributed by atoms with Gasteiger partial charge < -0.3 is 18.9 Å². The van der Waals surface area contributed by atoms with Crippen molar-refractivity contribution in [2.75, 3.05) is 13.3 Å². The molecule has 3 aromatic rings. The van der Waals surface area contributed by atoms with Crippen LogP contribution < -0.4 is 9.47 Å². The van der Waals surface area contributed by atoms with Crippen LogP contribution in [-0.2, 0) is 11.3 Å². The van der Waals surface area contributed by atoms with Crippen LogP contribution in [0.15, 0.2) is 47.1 Å². The number of benzene rings is 1. The molecule has 0 radical (unpaired) electrons. The highest BCUT2D eigenvalue weighted by molar-refractivity contribution is 5.79. The highest BCUT2D eigenvalue weighted by Gasteiger charge is 2.34. The van der Waals surface area contributed by atoms with Crippen LogP contribution in [0.5, 0.6) is 11.5 Å². The number of aromatic nitrogens is 3. The Labute approximate surface area is 154 Å². The Morgan fingerprint density at radius 2 is 2.07 bits per heavy atom. The first-order valence-corrected chi connectivity index (χ1v) is 8.67. The smallest absolute Gasteiger partial charge is 0.276 e. The number of hydrogen-bond donors (Lipinski definition) is 0. The van der Waals surface area contributed by atoms with Gasteiger partial charge in [-0.25, -0.2) is 0 Å². The number of hydrogen-bond acceptors (Lipinski definition) is 7. The van der Waals surface area contributed by atoms with E-state index in [1.807, 2.05) is 36.4 Å². The van der Waals surface area contributed by atoms with Gasteiger partial charge in [-0.1, -0.05) is 17.3 Å². The van der Waals surface area contributed by atoms with Gasteiger partial charge in [-0.3, -0.25) is 9.78 Å². The lowest BCUT2D eigenvalue weighted by atomic mass is 10.1. The van der Waals surface area contributed by atoms with Crippen LogP contribution in [0.3, 0.4) is 0 Å². The van der Waals surface area contributed by atoms with Crippen molar-refractivity contribution in [2.45, 2.75) is 18.9 Å². The second-order valence-corrected chi connectivity index (χ2v) is 6.54. The van der Waals surface area contributed by atoms with Crippen molar-refractivity contribution in [1.29, 1.82) is 0 Å². The molecule has 0 spiro atoms. The quantitative estimate of drug-likeness (QED) is 0.702. The van der Waals surface area contributed by atoms with E-state index in [9.17, 15) is 4.79 Å². The molecule has 136 valence electrons. The van der Waals surface area contributed by atoms with Gasteiger partial charge in [0.2, 0.25) is 12.7 Å². The lowest BCUT2D eigenvalue weighted by Gasteiger charge is -2.16. The summed E-state index contributed by atoms with van der Waals surface area (Å²) in [5.74, 6) is 2.34. The number of carbonyl (C=O) groups excluding carboxylic acids is 1. The number of ether oxygens (including phenoxy) is 2. The summed E-state index contributed by atoms with van der Waals surface area (Å²) in [7, 11) is 0. The molecule has 2 aromatic heterocycles. The van der Waals surface area contributed by atoms with Crippen molar-refractivity contribution < 1.29 is 18.8 Å². The second-order valence-electron chi connectivity index (χ2n) is 6.54. The molecular weight excluding hydrogens is 348 g/mol. The molecule has 4 heterocycles. The van der Waals surface area contributed by atoms with Crippen LogP contribution in [0.2, 0.25) is 0 Å². The van der Waals surface area contributed by atoms with Crippen molar-refractivity contribution in [1.82, 2.24) is 20.0 Å². The van der Waals surface area contributed by atoms with Gasteiger partial charge in [-0.05, 0) is 29.8 Å². The third-order valence-corrected chi connectivity index (χ3v) is 4.72. The van der Waals surface area contributed by atoms with E-state index >= 15 is 0 Å². The maximum atomic E-state index is 12.4. The van der Waals surface area contributed by atoms with E-state index in [2.05, 4.69) is 15.1 Å². The number of amides is 1. The molecule has 5 rings (SSSR count). The Bertz CT molecular complexity index is 988. The third-order valence-electron chi connectivity index (χ3n) is 4.72. The standard InChI is InChI=1S/C19H16N4O4/c24-17-8-13(18-21-19(27-22-18)14-3-1-2-6-20-14)10-23(17)9-12-4-5-15-16(7-12)26-11-25-15/h1-7,13H,8-11H2. The van der Waals surface area contributed by atoms with Crippen LogP contribution in [0.25, 0.3) is 11.6 Å². The molecular formula is C19H16N4O4. The van der Waals surface area contributed by atoms with Gasteiger partial charge in [-0.15, -0.1) is 0 Å². The fourth-order valence-electron chi connectivity index (χ4n) is 3.35. The molecule has 1 atom stereocenters. The summed E-state index contributed by atoms with van der Waals surface area (Å²) in [6.45, 7) is 1.30. The van der Waals surface area contributed by atoms with Gasteiger partial charge >= 0.3 is 0 Å². The fourth-order valence-corrected chi connectivity index (χ4v) is 3.35. The van der Waals surface area contributed by atoms with E-state index in [0.717, 1.165) is 11.3 Å². The largest absolute Gasteiger partial charge is 0.454 e. The fraction of sp³-hybridized carbons (Fsp3) is 0.263. The van der Waals surface area contributed by atoms with Crippen molar-refractivity contribution in [2.24, 2.45) is 0 Å². The normalized spacial score (nSPS) is 18.3. The molecule has 8 heteroatoms. The molecule has 1 unspecified atom stereocenters. The maximum Gasteiger partial charge on any atom is 0.276 e. The van der Waals surface area contributed by atoms with Crippen LogP contribution in [0.1, 0.15) is 23.7 Å². The average molecular weight is 364 g/mol. The van der Waals surface area contributed by atoms with Gasteiger partial charge in [0.1, 0.15) is 5.69 Å². The number of rotatable bonds is 4. The van der Waals surface area contributed by atoms with E-state index in [-0.39, 0.29) is 18.6 Å². The van der Waals surface area contributed by atoms with Gasteiger partial charge in [0.25, 0.3) is 5.89 Å². The topological polar surface area (TPSA) is 90.6 Å². The monoisotopic (exact) mass is 364 g/mol. The minimum absolute atomic E-state index is 0.0712. The van der Waals surface area contributed by atoms with Crippen molar-refractivity contribution >= 4 is 5.91 Å². The molecule has 1 amide bonds. The summed E-state index contributed by atoms with van der Waals surface area (Å²) in [6.07, 6.45) is 2.04. The van der Waals surface area contributed by atoms with Crippen LogP contribution in [0, 0.1) is 0 Å². The van der Waals surface area contributed by atoms with Gasteiger partial charge in [0.05, 0.1) is 0 Å². The van der Waals surface area contributed by atoms with Crippen LogP contribution in [0.4, 0.5) is 0 Å². The molecule has 1 fully saturated rings. The van der Waals surface area contributed by atoms with E-state index < -0.39 is 0 Å². The molecule has 2 aliphatic rings. The van der Waals surface area contributed by atoms with E-state index in [4.69, 9.17) is 14.0 Å². The highest BCUT2D eigenvalue weighted by atomic mass is 16.7. The molecule has 27 heavy (non-hydrogen) atoms. The number of fused-ring (bicyclic) bond motifs is 1. The van der Waals surface area contributed by atoms with Crippen molar-refractivity contribution in [3.8, 4) is 23.1 Å². The van der Waals surface area contributed by atoms with Gasteiger partial charge in [0, 0.05) is 31.6 Å². The van der Waals surface area contributed by atoms with Crippen LogP contribution in [-0.4, -0.2) is 39.3 Å². The lowest BCUT2D eigenvalue weighted by Crippen LogP contribution is -2.24. The number of likely N-dealkylation sites (tertiary alicyclic amines) is 1. The Balaban J connectivity index is 1.30. The summed E-state index contributed by atoms with van der Waals surface area (Å²) >= 11 is 0. The van der Waals surface area contributed by atoms with Crippen LogP contribution >= 0.6 is 0 Å². The first-order valence-electron chi connectivity index (χ1n) is 8.67. The molecule has 0 aliphatic carbocycles. The summed E-state index contributed by atoms with van der Waals surface area (Å²) in [6, 6.07) is 11.2. The molecule has 8 nitrogen and oxygen atoms in total. The molecule has 1 aromatic carbocycles. The minimum atomic E-state index is -0.0901. The summed E-state index contributed by atoms with van der Waals surface area (Å²) in [4.78, 5) is 22.9. The summed E-state index contributed by atoms with van der Waals surface area (Å²) in [5, 5.41) is 4.06. The Kier molecular flexibility index (Phi) is 3.74. The zero-order chi connectivity index (χ0) is 18.2. The van der Waals surface area contributed by atoms with Crippen molar-refractivity contribution in [3.63, 3.8) is 0 Å². The second kappa shape index (κ2) is 6.39. The predicted molar refractivity (Wildman–Crippen MR) is 92.9 cm³/mol. The number of pyridine rings is 1. The number of nitrogens with zero attached hydrogens (tertiary/aromatic N) is 4. The minimum Gasteiger partial charge on any atom is -0.454 e. The lowest BCUT2D eigenvalue weighted by molar-refractivity contribution is -0.128. The number of carbonyl (C=O) groups is 1. The van der Waals surface area contributed by atoms with E-state index in [1.54, 1.807) is 11.1 Å². The first kappa shape index (κ1) is 15.8. The van der Waals surface area contributed by atoms with E-state index in [0.29, 0.717) is 42.7 Å². The summed E-state index contributed by atoms with van der Waals surface area (Å²) < 4.78 is 16.0. The van der Waals surface area contributed by atoms with Gasteiger partial charge in [0.15, 0.2) is 17.3 Å². The Morgan fingerprint density at radius 3 is 2.96 bits per heavy atom. The summed E-state index contributed by atoms with van der Waals surface area (Å²) in [5.41, 5.74) is 1.62. The first-order chi connectivity index (χ1) is 13.3.